The molecule has 1 amide bonds. The highest BCUT2D eigenvalue weighted by atomic mass is 32.2. The quantitative estimate of drug-likeness (QED) is 0.835. The third kappa shape index (κ3) is 5.71. The van der Waals surface area contributed by atoms with Crippen LogP contribution < -0.4 is 9.62 Å². The lowest BCUT2D eigenvalue weighted by Gasteiger charge is -2.22. The van der Waals surface area contributed by atoms with Gasteiger partial charge < -0.3 is 5.32 Å². The Bertz CT molecular complexity index is 590. The van der Waals surface area contributed by atoms with Crippen molar-refractivity contribution in [2.45, 2.75) is 32.7 Å². The summed E-state index contributed by atoms with van der Waals surface area (Å²) >= 11 is 0. The van der Waals surface area contributed by atoms with Crippen molar-refractivity contribution in [3.8, 4) is 0 Å². The molecular formula is C14H21FN2O3S. The largest absolute Gasteiger partial charge is 0.354 e. The zero-order valence-corrected chi connectivity index (χ0v) is 13.3. The molecule has 0 aliphatic heterocycles. The summed E-state index contributed by atoms with van der Waals surface area (Å²) in [6, 6.07) is 5.34. The van der Waals surface area contributed by atoms with Crippen molar-refractivity contribution in [1.82, 2.24) is 5.32 Å². The standard InChI is InChI=1S/C14H21FN2O3S/c1-4-11(2)16-14(18)8-9-17(21(3,19)20)13-7-5-6-12(15)10-13/h5-7,10-11H,4,8-9H2,1-3H3,(H,16,18). The second-order valence-corrected chi connectivity index (χ2v) is 6.85. The monoisotopic (exact) mass is 316 g/mol. The van der Waals surface area contributed by atoms with Gasteiger partial charge in [-0.05, 0) is 31.5 Å². The van der Waals surface area contributed by atoms with E-state index in [-0.39, 0.29) is 30.6 Å². The fourth-order valence-electron chi connectivity index (χ4n) is 1.77. The first kappa shape index (κ1) is 17.4. The summed E-state index contributed by atoms with van der Waals surface area (Å²) in [6.07, 6.45) is 1.85. The molecule has 0 saturated heterocycles. The Morgan fingerprint density at radius 3 is 2.62 bits per heavy atom. The summed E-state index contributed by atoms with van der Waals surface area (Å²) < 4.78 is 37.9. The molecule has 7 heteroatoms. The molecule has 21 heavy (non-hydrogen) atoms. The summed E-state index contributed by atoms with van der Waals surface area (Å²) in [5, 5.41) is 2.76. The van der Waals surface area contributed by atoms with Crippen LogP contribution in [-0.2, 0) is 14.8 Å². The van der Waals surface area contributed by atoms with Gasteiger partial charge in [-0.2, -0.15) is 0 Å². The predicted octanol–water partition coefficient (Wildman–Crippen LogP) is 1.90. The smallest absolute Gasteiger partial charge is 0.232 e. The molecule has 1 rings (SSSR count). The minimum absolute atomic E-state index is 0.0217. The van der Waals surface area contributed by atoms with Crippen molar-refractivity contribution >= 4 is 21.6 Å². The molecule has 0 heterocycles. The molecule has 0 spiro atoms. The van der Waals surface area contributed by atoms with Gasteiger partial charge in [0.25, 0.3) is 0 Å². The van der Waals surface area contributed by atoms with E-state index in [0.717, 1.165) is 23.0 Å². The lowest BCUT2D eigenvalue weighted by atomic mass is 10.2. The first-order valence-corrected chi connectivity index (χ1v) is 8.61. The van der Waals surface area contributed by atoms with Crippen LogP contribution in [-0.4, -0.2) is 33.2 Å². The number of rotatable bonds is 7. The van der Waals surface area contributed by atoms with Gasteiger partial charge >= 0.3 is 0 Å². The number of sulfonamides is 1. The highest BCUT2D eigenvalue weighted by Gasteiger charge is 2.19. The van der Waals surface area contributed by atoms with E-state index in [1.807, 2.05) is 13.8 Å². The number of anilines is 1. The van der Waals surface area contributed by atoms with Crippen molar-refractivity contribution in [2.24, 2.45) is 0 Å². The number of hydrogen-bond donors (Lipinski definition) is 1. The van der Waals surface area contributed by atoms with Gasteiger partial charge in [-0.25, -0.2) is 12.8 Å². The highest BCUT2D eigenvalue weighted by molar-refractivity contribution is 7.92. The molecule has 1 aromatic carbocycles. The van der Waals surface area contributed by atoms with Gasteiger partial charge in [-0.1, -0.05) is 13.0 Å². The van der Waals surface area contributed by atoms with E-state index in [0.29, 0.717) is 0 Å². The van der Waals surface area contributed by atoms with E-state index in [4.69, 9.17) is 0 Å². The van der Waals surface area contributed by atoms with E-state index < -0.39 is 15.8 Å². The maximum Gasteiger partial charge on any atom is 0.232 e. The summed E-state index contributed by atoms with van der Waals surface area (Å²) in [6.45, 7) is 3.80. The van der Waals surface area contributed by atoms with Gasteiger partial charge in [0.05, 0.1) is 11.9 Å². The van der Waals surface area contributed by atoms with E-state index in [9.17, 15) is 17.6 Å². The van der Waals surface area contributed by atoms with Crippen LogP contribution in [0, 0.1) is 5.82 Å². The van der Waals surface area contributed by atoms with Crippen molar-refractivity contribution < 1.29 is 17.6 Å². The van der Waals surface area contributed by atoms with Crippen molar-refractivity contribution in [3.63, 3.8) is 0 Å². The molecular weight excluding hydrogens is 295 g/mol. The maximum absolute atomic E-state index is 13.2. The number of halogens is 1. The Morgan fingerprint density at radius 1 is 1.43 bits per heavy atom. The molecule has 0 aromatic heterocycles. The van der Waals surface area contributed by atoms with E-state index >= 15 is 0 Å². The van der Waals surface area contributed by atoms with Crippen molar-refractivity contribution in [1.29, 1.82) is 0 Å². The van der Waals surface area contributed by atoms with E-state index in [2.05, 4.69) is 5.32 Å². The number of hydrogen-bond acceptors (Lipinski definition) is 3. The minimum Gasteiger partial charge on any atom is -0.354 e. The molecule has 0 radical (unpaired) electrons. The summed E-state index contributed by atoms with van der Waals surface area (Å²) in [5.41, 5.74) is 0.217. The number of nitrogens with one attached hydrogen (secondary N) is 1. The van der Waals surface area contributed by atoms with Gasteiger partial charge in [0.1, 0.15) is 5.82 Å². The molecule has 0 saturated carbocycles. The molecule has 1 N–H and O–H groups in total. The Balaban J connectivity index is 2.80. The fraction of sp³-hybridized carbons (Fsp3) is 0.500. The number of benzene rings is 1. The Hall–Kier alpha value is -1.63. The summed E-state index contributed by atoms with van der Waals surface area (Å²) in [5.74, 6) is -0.750. The zero-order valence-electron chi connectivity index (χ0n) is 12.5. The van der Waals surface area contributed by atoms with Crippen molar-refractivity contribution in [3.05, 3.63) is 30.1 Å². The van der Waals surface area contributed by atoms with E-state index in [1.165, 1.54) is 18.2 Å². The number of amides is 1. The molecule has 5 nitrogen and oxygen atoms in total. The summed E-state index contributed by atoms with van der Waals surface area (Å²) in [4.78, 5) is 11.7. The third-order valence-corrected chi connectivity index (χ3v) is 4.25. The SMILES string of the molecule is CCC(C)NC(=O)CCN(c1cccc(F)c1)S(C)(=O)=O. The Morgan fingerprint density at radius 2 is 2.10 bits per heavy atom. The fourth-order valence-corrected chi connectivity index (χ4v) is 2.69. The normalized spacial score (nSPS) is 12.8. The molecule has 1 unspecified atom stereocenters. The second kappa shape index (κ2) is 7.40. The van der Waals surface area contributed by atoms with Crippen LogP contribution in [0.5, 0.6) is 0 Å². The topological polar surface area (TPSA) is 66.5 Å². The molecule has 0 bridgehead atoms. The number of carbonyl (C=O) groups excluding carboxylic acids is 1. The Kier molecular flexibility index (Phi) is 6.14. The van der Waals surface area contributed by atoms with Gasteiger partial charge in [-0.15, -0.1) is 0 Å². The van der Waals surface area contributed by atoms with Crippen LogP contribution in [0.2, 0.25) is 0 Å². The molecule has 118 valence electrons. The Labute approximate surface area is 125 Å². The zero-order chi connectivity index (χ0) is 16.0. The number of carbonyl (C=O) groups is 1. The third-order valence-electron chi connectivity index (χ3n) is 3.06. The molecule has 1 aromatic rings. The van der Waals surface area contributed by atoms with Crippen LogP contribution in [0.1, 0.15) is 26.7 Å². The first-order valence-electron chi connectivity index (χ1n) is 6.76. The van der Waals surface area contributed by atoms with Gasteiger partial charge in [0, 0.05) is 19.0 Å². The molecule has 0 fully saturated rings. The van der Waals surface area contributed by atoms with Crippen LogP contribution in [0.4, 0.5) is 10.1 Å². The molecule has 0 aliphatic carbocycles. The second-order valence-electron chi connectivity index (χ2n) is 4.94. The minimum atomic E-state index is -3.58. The van der Waals surface area contributed by atoms with E-state index in [1.54, 1.807) is 0 Å². The van der Waals surface area contributed by atoms with Crippen LogP contribution in [0.3, 0.4) is 0 Å². The summed E-state index contributed by atoms with van der Waals surface area (Å²) in [7, 11) is -3.58. The maximum atomic E-state index is 13.2. The van der Waals surface area contributed by atoms with Gasteiger partial charge in [0.2, 0.25) is 15.9 Å². The highest BCUT2D eigenvalue weighted by Crippen LogP contribution is 2.18. The predicted molar refractivity (Wildman–Crippen MR) is 81.1 cm³/mol. The van der Waals surface area contributed by atoms with Gasteiger partial charge in [0.15, 0.2) is 0 Å². The van der Waals surface area contributed by atoms with Crippen LogP contribution >= 0.6 is 0 Å². The lowest BCUT2D eigenvalue weighted by molar-refractivity contribution is -0.121. The van der Waals surface area contributed by atoms with Crippen LogP contribution in [0.15, 0.2) is 24.3 Å². The molecule has 0 aliphatic rings. The van der Waals surface area contributed by atoms with Gasteiger partial charge in [-0.3, -0.25) is 9.10 Å². The average Bonchev–Trinajstić information content (AvgIpc) is 2.37. The number of nitrogens with zero attached hydrogens (tertiary/aromatic N) is 1. The average molecular weight is 316 g/mol. The molecule has 1 atom stereocenters. The van der Waals surface area contributed by atoms with Crippen LogP contribution in [0.25, 0.3) is 0 Å². The lowest BCUT2D eigenvalue weighted by Crippen LogP contribution is -2.37. The first-order chi connectivity index (χ1) is 9.74. The van der Waals surface area contributed by atoms with Crippen molar-refractivity contribution in [2.75, 3.05) is 17.1 Å².